The summed E-state index contributed by atoms with van der Waals surface area (Å²) >= 11 is 0. The van der Waals surface area contributed by atoms with Crippen LogP contribution in [0.2, 0.25) is 0 Å². The SMILES string of the molecule is CC(=O)Oc1cccc(C(=O)N2CCCN(C(=O)CC3CCCC3)CC2)c1. The largest absolute Gasteiger partial charge is 0.427 e. The van der Waals surface area contributed by atoms with Crippen LogP contribution >= 0.6 is 0 Å². The number of hydrogen-bond acceptors (Lipinski definition) is 4. The minimum Gasteiger partial charge on any atom is -0.427 e. The molecule has 0 aromatic heterocycles. The molecule has 0 unspecified atom stereocenters. The van der Waals surface area contributed by atoms with Crippen molar-refractivity contribution in [3.8, 4) is 5.75 Å². The van der Waals surface area contributed by atoms with Gasteiger partial charge >= 0.3 is 5.97 Å². The zero-order chi connectivity index (χ0) is 19.2. The van der Waals surface area contributed by atoms with E-state index in [-0.39, 0.29) is 11.8 Å². The third-order valence-corrected chi connectivity index (χ3v) is 5.42. The molecule has 1 saturated carbocycles. The van der Waals surface area contributed by atoms with E-state index >= 15 is 0 Å². The maximum absolute atomic E-state index is 12.8. The normalized spacial score (nSPS) is 18.3. The van der Waals surface area contributed by atoms with E-state index in [2.05, 4.69) is 0 Å². The van der Waals surface area contributed by atoms with Gasteiger partial charge in [0.25, 0.3) is 5.91 Å². The lowest BCUT2D eigenvalue weighted by atomic mass is 10.0. The van der Waals surface area contributed by atoms with Crippen LogP contribution in [0.3, 0.4) is 0 Å². The van der Waals surface area contributed by atoms with E-state index in [1.54, 1.807) is 29.2 Å². The molecular weight excluding hydrogens is 344 g/mol. The second-order valence-corrected chi connectivity index (χ2v) is 7.50. The number of carbonyl (C=O) groups excluding carboxylic acids is 3. The second kappa shape index (κ2) is 9.02. The first-order valence-electron chi connectivity index (χ1n) is 9.88. The number of nitrogens with zero attached hydrogens (tertiary/aromatic N) is 2. The van der Waals surface area contributed by atoms with E-state index in [0.29, 0.717) is 49.8 Å². The summed E-state index contributed by atoms with van der Waals surface area (Å²) in [6, 6.07) is 6.69. The van der Waals surface area contributed by atoms with Gasteiger partial charge in [-0.25, -0.2) is 0 Å². The van der Waals surface area contributed by atoms with Gasteiger partial charge in [0.2, 0.25) is 5.91 Å². The summed E-state index contributed by atoms with van der Waals surface area (Å²) in [5.41, 5.74) is 0.500. The average molecular weight is 372 g/mol. The maximum Gasteiger partial charge on any atom is 0.308 e. The van der Waals surface area contributed by atoms with Crippen LogP contribution in [0.4, 0.5) is 0 Å². The molecule has 2 aliphatic rings. The van der Waals surface area contributed by atoms with Crippen LogP contribution in [-0.4, -0.2) is 53.8 Å². The van der Waals surface area contributed by atoms with E-state index < -0.39 is 5.97 Å². The summed E-state index contributed by atoms with van der Waals surface area (Å²) in [6.45, 7) is 3.79. The Hall–Kier alpha value is -2.37. The highest BCUT2D eigenvalue weighted by atomic mass is 16.5. The molecule has 1 aliphatic carbocycles. The standard InChI is InChI=1S/C21H28N2O4/c1-16(24)27-19-9-4-8-18(15-19)21(26)23-11-5-10-22(12-13-23)20(25)14-17-6-2-3-7-17/h4,8-9,15,17H,2-3,5-7,10-14H2,1H3. The van der Waals surface area contributed by atoms with Gasteiger partial charge in [-0.1, -0.05) is 18.9 Å². The van der Waals surface area contributed by atoms with Gasteiger partial charge in [0, 0.05) is 45.1 Å². The lowest BCUT2D eigenvalue weighted by molar-refractivity contribution is -0.132. The van der Waals surface area contributed by atoms with Crippen molar-refractivity contribution < 1.29 is 19.1 Å². The Balaban J connectivity index is 1.57. The van der Waals surface area contributed by atoms with Crippen molar-refractivity contribution in [2.75, 3.05) is 26.2 Å². The van der Waals surface area contributed by atoms with Crippen LogP contribution in [0.1, 0.15) is 55.8 Å². The Morgan fingerprint density at radius 2 is 1.70 bits per heavy atom. The molecule has 0 atom stereocenters. The number of rotatable bonds is 4. The quantitative estimate of drug-likeness (QED) is 0.602. The summed E-state index contributed by atoms with van der Waals surface area (Å²) in [5.74, 6) is 0.645. The number of carbonyl (C=O) groups is 3. The molecule has 1 saturated heterocycles. The predicted octanol–water partition coefficient (Wildman–Crippen LogP) is 2.87. The van der Waals surface area contributed by atoms with Crippen molar-refractivity contribution in [3.63, 3.8) is 0 Å². The Bertz CT molecular complexity index is 697. The first-order chi connectivity index (χ1) is 13.0. The lowest BCUT2D eigenvalue weighted by Gasteiger charge is -2.23. The highest BCUT2D eigenvalue weighted by Gasteiger charge is 2.25. The minimum absolute atomic E-state index is 0.0888. The zero-order valence-electron chi connectivity index (χ0n) is 16.0. The first kappa shape index (κ1) is 19.4. The number of benzene rings is 1. The van der Waals surface area contributed by atoms with Crippen molar-refractivity contribution in [1.82, 2.24) is 9.80 Å². The predicted molar refractivity (Wildman–Crippen MR) is 101 cm³/mol. The van der Waals surface area contributed by atoms with Crippen LogP contribution in [0, 0.1) is 5.92 Å². The molecule has 2 amide bonds. The summed E-state index contributed by atoms with van der Waals surface area (Å²) in [7, 11) is 0. The van der Waals surface area contributed by atoms with Gasteiger partial charge < -0.3 is 14.5 Å². The van der Waals surface area contributed by atoms with Crippen LogP contribution in [-0.2, 0) is 9.59 Å². The van der Waals surface area contributed by atoms with Gasteiger partial charge in [-0.2, -0.15) is 0 Å². The van der Waals surface area contributed by atoms with Gasteiger partial charge in [-0.3, -0.25) is 14.4 Å². The summed E-state index contributed by atoms with van der Waals surface area (Å²) in [5, 5.41) is 0. The van der Waals surface area contributed by atoms with Gasteiger partial charge in [-0.05, 0) is 43.4 Å². The second-order valence-electron chi connectivity index (χ2n) is 7.50. The van der Waals surface area contributed by atoms with Crippen LogP contribution in [0.15, 0.2) is 24.3 Å². The van der Waals surface area contributed by atoms with Crippen LogP contribution in [0.5, 0.6) is 5.75 Å². The van der Waals surface area contributed by atoms with Gasteiger partial charge in [0.15, 0.2) is 0 Å². The summed E-state index contributed by atoms with van der Waals surface area (Å²) in [6.07, 6.45) is 6.26. The number of ether oxygens (including phenoxy) is 1. The topological polar surface area (TPSA) is 66.9 Å². The molecule has 0 N–H and O–H groups in total. The molecule has 6 nitrogen and oxygen atoms in total. The summed E-state index contributed by atoms with van der Waals surface area (Å²) < 4.78 is 5.07. The molecule has 1 aliphatic heterocycles. The highest BCUT2D eigenvalue weighted by Crippen LogP contribution is 2.28. The smallest absolute Gasteiger partial charge is 0.308 e. The molecule has 0 spiro atoms. The zero-order valence-corrected chi connectivity index (χ0v) is 16.0. The molecule has 2 fully saturated rings. The number of esters is 1. The van der Waals surface area contributed by atoms with Crippen molar-refractivity contribution in [2.45, 2.75) is 45.4 Å². The molecular formula is C21H28N2O4. The fraction of sp³-hybridized carbons (Fsp3) is 0.571. The van der Waals surface area contributed by atoms with Crippen molar-refractivity contribution >= 4 is 17.8 Å². The summed E-state index contributed by atoms with van der Waals surface area (Å²) in [4.78, 5) is 40.2. The van der Waals surface area contributed by atoms with E-state index in [1.165, 1.54) is 32.6 Å². The monoisotopic (exact) mass is 372 g/mol. The molecule has 1 aromatic carbocycles. The molecule has 6 heteroatoms. The molecule has 146 valence electrons. The number of amides is 2. The van der Waals surface area contributed by atoms with E-state index in [4.69, 9.17) is 4.74 Å². The molecule has 1 heterocycles. The minimum atomic E-state index is -0.411. The Morgan fingerprint density at radius 3 is 2.44 bits per heavy atom. The third-order valence-electron chi connectivity index (χ3n) is 5.42. The van der Waals surface area contributed by atoms with Gasteiger partial charge in [0.05, 0.1) is 0 Å². The van der Waals surface area contributed by atoms with Gasteiger partial charge in [0.1, 0.15) is 5.75 Å². The Morgan fingerprint density at radius 1 is 1.00 bits per heavy atom. The van der Waals surface area contributed by atoms with Crippen molar-refractivity contribution in [1.29, 1.82) is 0 Å². The Labute approximate surface area is 160 Å². The maximum atomic E-state index is 12.8. The number of hydrogen-bond donors (Lipinski definition) is 0. The van der Waals surface area contributed by atoms with E-state index in [0.717, 1.165) is 6.42 Å². The first-order valence-corrected chi connectivity index (χ1v) is 9.88. The van der Waals surface area contributed by atoms with Crippen molar-refractivity contribution in [3.05, 3.63) is 29.8 Å². The molecule has 0 bridgehead atoms. The van der Waals surface area contributed by atoms with Crippen LogP contribution in [0.25, 0.3) is 0 Å². The molecule has 0 radical (unpaired) electrons. The molecule has 27 heavy (non-hydrogen) atoms. The van der Waals surface area contributed by atoms with Crippen LogP contribution < -0.4 is 4.74 Å². The van der Waals surface area contributed by atoms with E-state index in [1.807, 2.05) is 4.90 Å². The lowest BCUT2D eigenvalue weighted by Crippen LogP contribution is -2.37. The van der Waals surface area contributed by atoms with Gasteiger partial charge in [-0.15, -0.1) is 0 Å². The molecule has 1 aromatic rings. The third kappa shape index (κ3) is 5.31. The van der Waals surface area contributed by atoms with E-state index in [9.17, 15) is 14.4 Å². The Kier molecular flexibility index (Phi) is 6.48. The fourth-order valence-electron chi connectivity index (χ4n) is 4.00. The van der Waals surface area contributed by atoms with Crippen molar-refractivity contribution in [2.24, 2.45) is 5.92 Å². The average Bonchev–Trinajstić information content (AvgIpc) is 3.02. The molecule has 3 rings (SSSR count). The highest BCUT2D eigenvalue weighted by molar-refractivity contribution is 5.94. The fourth-order valence-corrected chi connectivity index (χ4v) is 4.00.